The van der Waals surface area contributed by atoms with E-state index >= 15 is 0 Å². The normalized spacial score (nSPS) is 12.2. The van der Waals surface area contributed by atoms with Crippen LogP contribution in [-0.4, -0.2) is 51.0 Å². The van der Waals surface area contributed by atoms with Gasteiger partial charge in [-0.1, -0.05) is 47.5 Å². The van der Waals surface area contributed by atoms with E-state index in [0.717, 1.165) is 16.1 Å². The average Bonchev–Trinajstić information content (AvgIpc) is 2.70. The molecule has 2 aromatic rings. The van der Waals surface area contributed by atoms with E-state index in [-0.39, 0.29) is 12.5 Å². The summed E-state index contributed by atoms with van der Waals surface area (Å²) in [5.74, 6) is -0.881. The van der Waals surface area contributed by atoms with Crippen molar-refractivity contribution in [3.63, 3.8) is 0 Å². The number of rotatable bonds is 8. The molecule has 0 saturated carbocycles. The molecule has 162 valence electrons. The Labute approximate surface area is 182 Å². The molecular formula is C21H26ClN3O4S. The number of sulfonamides is 1. The maximum Gasteiger partial charge on any atom is 0.244 e. The Bertz CT molecular complexity index is 1010. The van der Waals surface area contributed by atoms with E-state index in [1.807, 2.05) is 6.92 Å². The molecule has 0 aliphatic carbocycles. The van der Waals surface area contributed by atoms with E-state index in [2.05, 4.69) is 5.32 Å². The van der Waals surface area contributed by atoms with Gasteiger partial charge in [-0.2, -0.15) is 0 Å². The summed E-state index contributed by atoms with van der Waals surface area (Å²) in [6.45, 7) is 3.10. The fourth-order valence-corrected chi connectivity index (χ4v) is 3.97. The number of hydrogen-bond donors (Lipinski definition) is 1. The minimum absolute atomic E-state index is 0.0680. The lowest BCUT2D eigenvalue weighted by molar-refractivity contribution is -0.139. The summed E-state index contributed by atoms with van der Waals surface area (Å²) in [6, 6.07) is 13.0. The first kappa shape index (κ1) is 23.7. The van der Waals surface area contributed by atoms with Gasteiger partial charge >= 0.3 is 0 Å². The zero-order valence-electron chi connectivity index (χ0n) is 17.4. The number of carbonyl (C=O) groups is 2. The lowest BCUT2D eigenvalue weighted by Crippen LogP contribution is -2.50. The van der Waals surface area contributed by atoms with Crippen LogP contribution in [0.15, 0.2) is 48.5 Å². The first-order valence-electron chi connectivity index (χ1n) is 9.33. The maximum absolute atomic E-state index is 13.2. The minimum atomic E-state index is -3.73. The number of nitrogens with one attached hydrogen (secondary N) is 1. The van der Waals surface area contributed by atoms with Crippen LogP contribution in [0.1, 0.15) is 18.1 Å². The van der Waals surface area contributed by atoms with Crippen molar-refractivity contribution in [1.82, 2.24) is 10.2 Å². The maximum atomic E-state index is 13.2. The number of likely N-dealkylation sites (N-methyl/N-ethyl adjacent to an activating group) is 1. The molecule has 7 nitrogen and oxygen atoms in total. The third-order valence-corrected chi connectivity index (χ3v) is 6.22. The summed E-state index contributed by atoms with van der Waals surface area (Å²) in [6.07, 6.45) is 1.04. The Morgan fingerprint density at radius 2 is 1.70 bits per heavy atom. The van der Waals surface area contributed by atoms with Crippen LogP contribution in [0, 0.1) is 6.92 Å². The van der Waals surface area contributed by atoms with E-state index < -0.39 is 28.5 Å². The summed E-state index contributed by atoms with van der Waals surface area (Å²) in [5.41, 5.74) is 2.00. The largest absolute Gasteiger partial charge is 0.357 e. The van der Waals surface area contributed by atoms with Crippen LogP contribution in [0.5, 0.6) is 0 Å². The highest BCUT2D eigenvalue weighted by atomic mass is 35.5. The number of amides is 2. The number of aryl methyl sites for hydroxylation is 1. The van der Waals surface area contributed by atoms with Gasteiger partial charge in [-0.3, -0.25) is 13.9 Å². The van der Waals surface area contributed by atoms with Crippen molar-refractivity contribution in [2.24, 2.45) is 0 Å². The topological polar surface area (TPSA) is 86.8 Å². The number of anilines is 1. The van der Waals surface area contributed by atoms with Gasteiger partial charge < -0.3 is 10.2 Å². The number of nitrogens with zero attached hydrogens (tertiary/aromatic N) is 2. The van der Waals surface area contributed by atoms with Gasteiger partial charge in [0.15, 0.2) is 0 Å². The average molecular weight is 452 g/mol. The van der Waals surface area contributed by atoms with Crippen LogP contribution >= 0.6 is 11.6 Å². The molecule has 2 rings (SSSR count). The highest BCUT2D eigenvalue weighted by Gasteiger charge is 2.30. The molecule has 2 aromatic carbocycles. The first-order chi connectivity index (χ1) is 14.0. The van der Waals surface area contributed by atoms with Gasteiger partial charge in [0.05, 0.1) is 11.9 Å². The fraction of sp³-hybridized carbons (Fsp3) is 0.333. The first-order valence-corrected chi connectivity index (χ1v) is 11.6. The zero-order valence-corrected chi connectivity index (χ0v) is 19.0. The van der Waals surface area contributed by atoms with Crippen molar-refractivity contribution >= 4 is 39.1 Å². The molecule has 0 fully saturated rings. The van der Waals surface area contributed by atoms with Crippen LogP contribution in [0.2, 0.25) is 5.02 Å². The Morgan fingerprint density at radius 3 is 2.23 bits per heavy atom. The Morgan fingerprint density at radius 1 is 1.10 bits per heavy atom. The standard InChI is InChI=1S/C21H26ClN3O4S/c1-15-9-11-18(12-10-15)25(30(4,28)29)14-20(26)24(16(2)21(27)23-3)13-17-7-5-6-8-19(17)22/h5-12,16H,13-14H2,1-4H3,(H,23,27). The van der Waals surface area contributed by atoms with Gasteiger partial charge in [0.25, 0.3) is 0 Å². The number of hydrogen-bond acceptors (Lipinski definition) is 4. The molecule has 0 bridgehead atoms. The Kier molecular flexibility index (Phi) is 7.86. The van der Waals surface area contributed by atoms with Crippen molar-refractivity contribution in [3.05, 3.63) is 64.7 Å². The third kappa shape index (κ3) is 5.96. The molecule has 0 saturated heterocycles. The Balaban J connectivity index is 2.38. The van der Waals surface area contributed by atoms with Gasteiger partial charge in [0.1, 0.15) is 12.6 Å². The highest BCUT2D eigenvalue weighted by molar-refractivity contribution is 7.92. The summed E-state index contributed by atoms with van der Waals surface area (Å²) in [5, 5.41) is 2.98. The second-order valence-electron chi connectivity index (χ2n) is 7.01. The molecule has 0 aliphatic heterocycles. The van der Waals surface area contributed by atoms with Crippen molar-refractivity contribution < 1.29 is 18.0 Å². The number of halogens is 1. The van der Waals surface area contributed by atoms with E-state index in [4.69, 9.17) is 11.6 Å². The summed E-state index contributed by atoms with van der Waals surface area (Å²) in [7, 11) is -2.25. The predicted octanol–water partition coefficient (Wildman–Crippen LogP) is 2.58. The number of carbonyl (C=O) groups excluding carboxylic acids is 2. The van der Waals surface area contributed by atoms with Gasteiger partial charge in [0, 0.05) is 18.6 Å². The fourth-order valence-electron chi connectivity index (χ4n) is 2.93. The Hall–Kier alpha value is -2.58. The highest BCUT2D eigenvalue weighted by Crippen LogP contribution is 2.21. The quantitative estimate of drug-likeness (QED) is 0.668. The van der Waals surface area contributed by atoms with E-state index in [9.17, 15) is 18.0 Å². The number of benzene rings is 2. The lowest BCUT2D eigenvalue weighted by atomic mass is 10.1. The SMILES string of the molecule is CNC(=O)C(C)N(Cc1ccccc1Cl)C(=O)CN(c1ccc(C)cc1)S(C)(=O)=O. The van der Waals surface area contributed by atoms with Crippen LogP contribution in [0.3, 0.4) is 0 Å². The van der Waals surface area contributed by atoms with Gasteiger partial charge in [-0.15, -0.1) is 0 Å². The van der Waals surface area contributed by atoms with Crippen molar-refractivity contribution in [2.75, 3.05) is 24.2 Å². The van der Waals surface area contributed by atoms with E-state index in [0.29, 0.717) is 16.3 Å². The van der Waals surface area contributed by atoms with E-state index in [1.165, 1.54) is 11.9 Å². The molecular weight excluding hydrogens is 426 g/mol. The second kappa shape index (κ2) is 9.95. The van der Waals surface area contributed by atoms with Crippen molar-refractivity contribution in [1.29, 1.82) is 0 Å². The second-order valence-corrected chi connectivity index (χ2v) is 9.32. The molecule has 0 aromatic heterocycles. The molecule has 0 spiro atoms. The van der Waals surface area contributed by atoms with Crippen LogP contribution in [0.25, 0.3) is 0 Å². The van der Waals surface area contributed by atoms with Crippen LogP contribution < -0.4 is 9.62 Å². The molecule has 1 N–H and O–H groups in total. The summed E-state index contributed by atoms with van der Waals surface area (Å²) >= 11 is 6.24. The van der Waals surface area contributed by atoms with Crippen LogP contribution in [-0.2, 0) is 26.2 Å². The molecule has 1 atom stereocenters. The minimum Gasteiger partial charge on any atom is -0.357 e. The van der Waals surface area contributed by atoms with Crippen molar-refractivity contribution in [2.45, 2.75) is 26.4 Å². The van der Waals surface area contributed by atoms with Gasteiger partial charge in [-0.05, 0) is 37.6 Å². The smallest absolute Gasteiger partial charge is 0.244 e. The predicted molar refractivity (Wildman–Crippen MR) is 119 cm³/mol. The molecule has 2 amide bonds. The van der Waals surface area contributed by atoms with Gasteiger partial charge in [0.2, 0.25) is 21.8 Å². The summed E-state index contributed by atoms with van der Waals surface area (Å²) < 4.78 is 25.8. The molecule has 0 heterocycles. The van der Waals surface area contributed by atoms with E-state index in [1.54, 1.807) is 55.5 Å². The monoisotopic (exact) mass is 451 g/mol. The van der Waals surface area contributed by atoms with Crippen LogP contribution in [0.4, 0.5) is 5.69 Å². The lowest BCUT2D eigenvalue weighted by Gasteiger charge is -2.31. The third-order valence-electron chi connectivity index (χ3n) is 4.71. The van der Waals surface area contributed by atoms with Gasteiger partial charge in [-0.25, -0.2) is 8.42 Å². The summed E-state index contributed by atoms with van der Waals surface area (Å²) in [4.78, 5) is 26.8. The molecule has 0 radical (unpaired) electrons. The van der Waals surface area contributed by atoms with Crippen molar-refractivity contribution in [3.8, 4) is 0 Å². The zero-order chi connectivity index (χ0) is 22.5. The molecule has 30 heavy (non-hydrogen) atoms. The molecule has 9 heteroatoms. The molecule has 0 aliphatic rings. The molecule has 1 unspecified atom stereocenters.